The van der Waals surface area contributed by atoms with Crippen LogP contribution in [0.5, 0.6) is 5.75 Å². The van der Waals surface area contributed by atoms with Gasteiger partial charge in [-0.2, -0.15) is 0 Å². The first-order chi connectivity index (χ1) is 12.7. The quantitative estimate of drug-likeness (QED) is 0.734. The normalized spacial score (nSPS) is 20.5. The topological polar surface area (TPSA) is 78.7 Å². The van der Waals surface area contributed by atoms with Gasteiger partial charge in [-0.25, -0.2) is 9.97 Å². The average molecular weight is 371 g/mol. The van der Waals surface area contributed by atoms with Crippen molar-refractivity contribution in [2.24, 2.45) is 5.92 Å². The Hall–Kier alpha value is -2.22. The highest BCUT2D eigenvalue weighted by Gasteiger charge is 2.27. The van der Waals surface area contributed by atoms with Crippen molar-refractivity contribution in [1.82, 2.24) is 9.97 Å². The van der Waals surface area contributed by atoms with E-state index in [1.807, 2.05) is 36.5 Å². The SMILES string of the molecule is COc1ccc2nc(-c3ccc(N4CCC(CO)[C@@H](O)C4)nc3)sc2c1. The minimum absolute atomic E-state index is 0.0315. The summed E-state index contributed by atoms with van der Waals surface area (Å²) in [5.41, 5.74) is 1.92. The highest BCUT2D eigenvalue weighted by molar-refractivity contribution is 7.21. The van der Waals surface area contributed by atoms with E-state index in [-0.39, 0.29) is 12.5 Å². The molecule has 1 aliphatic rings. The van der Waals surface area contributed by atoms with Gasteiger partial charge in [0.15, 0.2) is 0 Å². The monoisotopic (exact) mass is 371 g/mol. The molecule has 0 aliphatic carbocycles. The van der Waals surface area contributed by atoms with Crippen LogP contribution in [0.3, 0.4) is 0 Å². The fraction of sp³-hybridized carbons (Fsp3) is 0.368. The third kappa shape index (κ3) is 3.25. The number of pyridine rings is 1. The summed E-state index contributed by atoms with van der Waals surface area (Å²) in [6.45, 7) is 1.32. The standard InChI is InChI=1S/C19H21N3O3S/c1-25-14-3-4-15-17(8-14)26-19(21-15)12-2-5-18(20-9-12)22-7-6-13(11-23)16(24)10-22/h2-5,8-9,13,16,23-24H,6-7,10-11H2,1H3/t13?,16-/m0/s1. The molecule has 1 aromatic carbocycles. The number of ether oxygens (including phenoxy) is 1. The summed E-state index contributed by atoms with van der Waals surface area (Å²) >= 11 is 1.61. The van der Waals surface area contributed by atoms with Crippen molar-refractivity contribution in [2.45, 2.75) is 12.5 Å². The maximum atomic E-state index is 10.1. The second-order valence-electron chi connectivity index (χ2n) is 6.50. The first kappa shape index (κ1) is 17.2. The second kappa shape index (κ2) is 7.19. The number of piperidine rings is 1. The van der Waals surface area contributed by atoms with Gasteiger partial charge in [0, 0.05) is 37.4 Å². The van der Waals surface area contributed by atoms with Gasteiger partial charge in [0.05, 0.1) is 23.4 Å². The van der Waals surface area contributed by atoms with E-state index in [1.54, 1.807) is 18.4 Å². The summed E-state index contributed by atoms with van der Waals surface area (Å²) in [6.07, 6.45) is 2.07. The number of anilines is 1. The summed E-state index contributed by atoms with van der Waals surface area (Å²) < 4.78 is 6.35. The van der Waals surface area contributed by atoms with E-state index < -0.39 is 6.10 Å². The summed E-state index contributed by atoms with van der Waals surface area (Å²) in [5, 5.41) is 20.3. The van der Waals surface area contributed by atoms with Crippen LogP contribution in [0.1, 0.15) is 6.42 Å². The number of hydrogen-bond acceptors (Lipinski definition) is 7. The lowest BCUT2D eigenvalue weighted by Crippen LogP contribution is -2.45. The smallest absolute Gasteiger partial charge is 0.128 e. The van der Waals surface area contributed by atoms with Crippen molar-refractivity contribution in [2.75, 3.05) is 31.7 Å². The number of methoxy groups -OCH3 is 1. The molecule has 1 saturated heterocycles. The van der Waals surface area contributed by atoms with Crippen LogP contribution in [-0.4, -0.2) is 53.1 Å². The van der Waals surface area contributed by atoms with E-state index in [4.69, 9.17) is 4.74 Å². The zero-order valence-corrected chi connectivity index (χ0v) is 15.3. The van der Waals surface area contributed by atoms with Crippen molar-refractivity contribution in [1.29, 1.82) is 0 Å². The Morgan fingerprint density at radius 1 is 1.31 bits per heavy atom. The van der Waals surface area contributed by atoms with Gasteiger partial charge in [-0.1, -0.05) is 0 Å². The molecule has 4 rings (SSSR count). The number of nitrogens with zero attached hydrogens (tertiary/aromatic N) is 3. The van der Waals surface area contributed by atoms with Crippen LogP contribution in [0, 0.1) is 5.92 Å². The van der Waals surface area contributed by atoms with Gasteiger partial charge in [0.25, 0.3) is 0 Å². The van der Waals surface area contributed by atoms with Crippen molar-refractivity contribution in [3.05, 3.63) is 36.5 Å². The average Bonchev–Trinajstić information content (AvgIpc) is 3.11. The van der Waals surface area contributed by atoms with Crippen LogP contribution < -0.4 is 9.64 Å². The van der Waals surface area contributed by atoms with Crippen molar-refractivity contribution in [3.8, 4) is 16.3 Å². The molecule has 2 N–H and O–H groups in total. The molecule has 0 saturated carbocycles. The Morgan fingerprint density at radius 3 is 2.88 bits per heavy atom. The maximum Gasteiger partial charge on any atom is 0.128 e. The number of aliphatic hydroxyl groups excluding tert-OH is 2. The van der Waals surface area contributed by atoms with Gasteiger partial charge < -0.3 is 19.8 Å². The first-order valence-electron chi connectivity index (χ1n) is 8.63. The van der Waals surface area contributed by atoms with Gasteiger partial charge in [-0.05, 0) is 36.8 Å². The minimum Gasteiger partial charge on any atom is -0.497 e. The lowest BCUT2D eigenvalue weighted by molar-refractivity contribution is 0.0546. The van der Waals surface area contributed by atoms with E-state index >= 15 is 0 Å². The Balaban J connectivity index is 1.54. The van der Waals surface area contributed by atoms with Crippen LogP contribution in [0.2, 0.25) is 0 Å². The van der Waals surface area contributed by atoms with Crippen molar-refractivity contribution < 1.29 is 14.9 Å². The first-order valence-corrected chi connectivity index (χ1v) is 9.44. The molecule has 6 nitrogen and oxygen atoms in total. The molecule has 2 atom stereocenters. The Bertz CT molecular complexity index is 897. The van der Waals surface area contributed by atoms with Crippen LogP contribution in [0.25, 0.3) is 20.8 Å². The summed E-state index contributed by atoms with van der Waals surface area (Å²) in [7, 11) is 1.66. The number of fused-ring (bicyclic) bond motifs is 1. The van der Waals surface area contributed by atoms with E-state index in [0.29, 0.717) is 6.54 Å². The Morgan fingerprint density at radius 2 is 2.19 bits per heavy atom. The third-order valence-corrected chi connectivity index (χ3v) is 5.94. The lowest BCUT2D eigenvalue weighted by Gasteiger charge is -2.35. The Kier molecular flexibility index (Phi) is 4.76. The number of hydrogen-bond donors (Lipinski definition) is 2. The van der Waals surface area contributed by atoms with Crippen LogP contribution in [0.4, 0.5) is 5.82 Å². The number of β-amino-alcohol motifs (C(OH)–C–C–N with tert-alkyl or cyclic N) is 1. The minimum atomic E-state index is -0.519. The highest BCUT2D eigenvalue weighted by atomic mass is 32.1. The van der Waals surface area contributed by atoms with E-state index in [0.717, 1.165) is 45.3 Å². The van der Waals surface area contributed by atoms with Gasteiger partial charge in [0.2, 0.25) is 0 Å². The van der Waals surface area contributed by atoms with E-state index in [2.05, 4.69) is 14.9 Å². The van der Waals surface area contributed by atoms with Gasteiger partial charge in [-0.3, -0.25) is 0 Å². The molecule has 136 valence electrons. The molecule has 1 aliphatic heterocycles. The number of thiazole rings is 1. The largest absolute Gasteiger partial charge is 0.497 e. The molecule has 1 fully saturated rings. The van der Waals surface area contributed by atoms with Gasteiger partial charge in [0.1, 0.15) is 16.6 Å². The molecule has 7 heteroatoms. The van der Waals surface area contributed by atoms with Crippen LogP contribution in [0.15, 0.2) is 36.5 Å². The predicted octanol–water partition coefficient (Wildman–Crippen LogP) is 2.55. The van der Waals surface area contributed by atoms with Crippen LogP contribution >= 0.6 is 11.3 Å². The summed E-state index contributed by atoms with van der Waals surface area (Å²) in [6, 6.07) is 9.85. The van der Waals surface area contributed by atoms with Crippen LogP contribution in [-0.2, 0) is 0 Å². The molecule has 2 aromatic heterocycles. The zero-order chi connectivity index (χ0) is 18.1. The fourth-order valence-corrected chi connectivity index (χ4v) is 4.24. The number of benzene rings is 1. The molecule has 0 amide bonds. The second-order valence-corrected chi connectivity index (χ2v) is 7.53. The van der Waals surface area contributed by atoms with Crippen molar-refractivity contribution >= 4 is 27.4 Å². The van der Waals surface area contributed by atoms with Gasteiger partial charge >= 0.3 is 0 Å². The number of aromatic nitrogens is 2. The molecule has 0 radical (unpaired) electrons. The zero-order valence-electron chi connectivity index (χ0n) is 14.5. The maximum absolute atomic E-state index is 10.1. The van der Waals surface area contributed by atoms with E-state index in [9.17, 15) is 10.2 Å². The molecule has 0 bridgehead atoms. The molecule has 3 aromatic rings. The lowest BCUT2D eigenvalue weighted by atomic mass is 9.95. The fourth-order valence-electron chi connectivity index (χ4n) is 3.26. The summed E-state index contributed by atoms with van der Waals surface area (Å²) in [5.74, 6) is 1.63. The number of rotatable bonds is 4. The van der Waals surface area contributed by atoms with Crippen molar-refractivity contribution in [3.63, 3.8) is 0 Å². The molecule has 26 heavy (non-hydrogen) atoms. The molecule has 3 heterocycles. The third-order valence-electron chi connectivity index (χ3n) is 4.87. The number of aliphatic hydroxyl groups is 2. The van der Waals surface area contributed by atoms with E-state index in [1.165, 1.54) is 0 Å². The molecular formula is C19H21N3O3S. The molecular weight excluding hydrogens is 350 g/mol. The molecule has 1 unspecified atom stereocenters. The summed E-state index contributed by atoms with van der Waals surface area (Å²) in [4.78, 5) is 11.3. The predicted molar refractivity (Wildman–Crippen MR) is 103 cm³/mol. The Labute approximate surface area is 155 Å². The highest BCUT2D eigenvalue weighted by Crippen LogP contribution is 2.32. The molecule has 0 spiro atoms. The van der Waals surface area contributed by atoms with Gasteiger partial charge in [-0.15, -0.1) is 11.3 Å².